The Morgan fingerprint density at radius 1 is 1.67 bits per heavy atom. The fraction of sp³-hybridized carbons (Fsp3) is 1.00. The zero-order valence-electron chi connectivity index (χ0n) is 4.65. The first-order valence-corrected chi connectivity index (χ1v) is 3.58. The Bertz CT molecular complexity index is 94.2. The standard InChI is InChI=1S/C3H9O5P/c4-1-3(5)2-8-9(6)7/h3-5,9H,1-2H2,(H,6,7)/t3-/m1/s1. The molecule has 3 N–H and O–H groups in total. The van der Waals surface area contributed by atoms with Gasteiger partial charge in [0.2, 0.25) is 0 Å². The van der Waals surface area contributed by atoms with Gasteiger partial charge in [-0.15, -0.1) is 0 Å². The smallest absolute Gasteiger partial charge is 0.316 e. The van der Waals surface area contributed by atoms with Gasteiger partial charge >= 0.3 is 8.25 Å². The van der Waals surface area contributed by atoms with Crippen molar-refractivity contribution >= 4 is 8.25 Å². The molecule has 0 saturated carbocycles. The molecule has 0 aromatic carbocycles. The molecule has 0 aliphatic carbocycles. The summed E-state index contributed by atoms with van der Waals surface area (Å²) in [6.07, 6.45) is -1.06. The molecule has 0 rings (SSSR count). The predicted octanol–water partition coefficient (Wildman–Crippen LogP) is -1.26. The lowest BCUT2D eigenvalue weighted by atomic mass is 10.4. The highest BCUT2D eigenvalue weighted by Gasteiger charge is 2.02. The Morgan fingerprint density at radius 3 is 2.56 bits per heavy atom. The highest BCUT2D eigenvalue weighted by atomic mass is 31.1. The van der Waals surface area contributed by atoms with Crippen LogP contribution in [-0.4, -0.2) is 34.4 Å². The fourth-order valence-corrected chi connectivity index (χ4v) is 0.555. The minimum atomic E-state index is -2.96. The molecule has 1 unspecified atom stereocenters. The van der Waals surface area contributed by atoms with Crippen molar-refractivity contribution in [2.45, 2.75) is 6.10 Å². The zero-order chi connectivity index (χ0) is 7.28. The van der Waals surface area contributed by atoms with E-state index in [2.05, 4.69) is 4.52 Å². The van der Waals surface area contributed by atoms with Crippen LogP contribution in [0.2, 0.25) is 0 Å². The summed E-state index contributed by atoms with van der Waals surface area (Å²) in [5.74, 6) is 0. The second kappa shape index (κ2) is 4.90. The SMILES string of the molecule is O=[PH](O)OC[C@H](O)CO. The Morgan fingerprint density at radius 2 is 2.22 bits per heavy atom. The summed E-state index contributed by atoms with van der Waals surface area (Å²) in [6.45, 7) is -0.764. The highest BCUT2D eigenvalue weighted by Crippen LogP contribution is 2.13. The van der Waals surface area contributed by atoms with Crippen LogP contribution in [0.15, 0.2) is 0 Å². The minimum absolute atomic E-state index is 0.301. The van der Waals surface area contributed by atoms with Gasteiger partial charge in [0.1, 0.15) is 6.10 Å². The Balaban J connectivity index is 3.16. The van der Waals surface area contributed by atoms with Gasteiger partial charge in [-0.2, -0.15) is 0 Å². The topological polar surface area (TPSA) is 87.0 Å². The van der Waals surface area contributed by atoms with Crippen molar-refractivity contribution in [1.29, 1.82) is 0 Å². The summed E-state index contributed by atoms with van der Waals surface area (Å²) >= 11 is 0. The van der Waals surface area contributed by atoms with Crippen molar-refractivity contribution in [3.8, 4) is 0 Å². The van der Waals surface area contributed by atoms with Gasteiger partial charge in [0.15, 0.2) is 0 Å². The van der Waals surface area contributed by atoms with Gasteiger partial charge in [-0.05, 0) is 0 Å². The molecule has 0 fully saturated rings. The van der Waals surface area contributed by atoms with E-state index in [1.54, 1.807) is 0 Å². The Labute approximate surface area is 52.8 Å². The summed E-state index contributed by atoms with van der Waals surface area (Å²) in [7, 11) is -2.96. The zero-order valence-corrected chi connectivity index (χ0v) is 5.65. The lowest BCUT2D eigenvalue weighted by Gasteiger charge is -2.03. The molecular formula is C3H9O5P. The maximum Gasteiger partial charge on any atom is 0.316 e. The summed E-state index contributed by atoms with van der Waals surface area (Å²) in [4.78, 5) is 8.03. The third-order valence-corrected chi connectivity index (χ3v) is 1.02. The van der Waals surface area contributed by atoms with Crippen molar-refractivity contribution in [3.63, 3.8) is 0 Å². The number of aliphatic hydroxyl groups is 2. The van der Waals surface area contributed by atoms with E-state index in [1.165, 1.54) is 0 Å². The number of aliphatic hydroxyl groups excluding tert-OH is 2. The molecule has 0 radical (unpaired) electrons. The molecule has 6 heteroatoms. The molecule has 0 aliphatic heterocycles. The summed E-state index contributed by atoms with van der Waals surface area (Å²) in [5.41, 5.74) is 0. The first-order chi connectivity index (χ1) is 4.16. The minimum Gasteiger partial charge on any atom is -0.394 e. The molecule has 0 heterocycles. The van der Waals surface area contributed by atoms with Crippen molar-refractivity contribution in [1.82, 2.24) is 0 Å². The van der Waals surface area contributed by atoms with Gasteiger partial charge in [0.25, 0.3) is 0 Å². The lowest BCUT2D eigenvalue weighted by molar-refractivity contribution is 0.0525. The van der Waals surface area contributed by atoms with Gasteiger partial charge in [-0.1, -0.05) is 0 Å². The van der Waals surface area contributed by atoms with Gasteiger partial charge in [-0.3, -0.25) is 4.57 Å². The van der Waals surface area contributed by atoms with Crippen molar-refractivity contribution in [3.05, 3.63) is 0 Å². The van der Waals surface area contributed by atoms with Crippen LogP contribution in [0, 0.1) is 0 Å². The quantitative estimate of drug-likeness (QED) is 0.442. The van der Waals surface area contributed by atoms with Crippen LogP contribution < -0.4 is 0 Å². The molecule has 5 nitrogen and oxygen atoms in total. The van der Waals surface area contributed by atoms with Crippen molar-refractivity contribution in [2.75, 3.05) is 13.2 Å². The maximum absolute atomic E-state index is 9.79. The van der Waals surface area contributed by atoms with Gasteiger partial charge in [0.05, 0.1) is 13.2 Å². The molecular weight excluding hydrogens is 147 g/mol. The molecule has 56 valence electrons. The van der Waals surface area contributed by atoms with E-state index >= 15 is 0 Å². The van der Waals surface area contributed by atoms with E-state index in [-0.39, 0.29) is 6.61 Å². The maximum atomic E-state index is 9.79. The molecule has 0 amide bonds. The van der Waals surface area contributed by atoms with E-state index < -0.39 is 21.0 Å². The fourth-order valence-electron chi connectivity index (χ4n) is 0.220. The van der Waals surface area contributed by atoms with E-state index in [4.69, 9.17) is 15.1 Å². The first kappa shape index (κ1) is 9.07. The van der Waals surface area contributed by atoms with Crippen LogP contribution in [0.5, 0.6) is 0 Å². The largest absolute Gasteiger partial charge is 0.394 e. The van der Waals surface area contributed by atoms with Crippen molar-refractivity contribution < 1.29 is 24.2 Å². The van der Waals surface area contributed by atoms with E-state index in [0.29, 0.717) is 0 Å². The Hall–Kier alpha value is 0.0700. The van der Waals surface area contributed by atoms with Gasteiger partial charge in [-0.25, -0.2) is 0 Å². The van der Waals surface area contributed by atoms with Crippen LogP contribution in [0.25, 0.3) is 0 Å². The third-order valence-electron chi connectivity index (χ3n) is 0.610. The van der Waals surface area contributed by atoms with Gasteiger partial charge in [0, 0.05) is 0 Å². The number of hydrogen-bond donors (Lipinski definition) is 3. The van der Waals surface area contributed by atoms with E-state index in [9.17, 15) is 4.57 Å². The molecule has 0 saturated heterocycles. The second-order valence-electron chi connectivity index (χ2n) is 1.41. The van der Waals surface area contributed by atoms with E-state index in [0.717, 1.165) is 0 Å². The average molecular weight is 156 g/mol. The monoisotopic (exact) mass is 156 g/mol. The summed E-state index contributed by atoms with van der Waals surface area (Å²) < 4.78 is 13.9. The van der Waals surface area contributed by atoms with Crippen LogP contribution in [0.4, 0.5) is 0 Å². The molecule has 0 bridgehead atoms. The molecule has 0 spiro atoms. The van der Waals surface area contributed by atoms with Gasteiger partial charge < -0.3 is 19.6 Å². The third kappa shape index (κ3) is 5.95. The lowest BCUT2D eigenvalue weighted by Crippen LogP contribution is -2.17. The molecule has 0 aliphatic rings. The van der Waals surface area contributed by atoms with E-state index in [1.807, 2.05) is 0 Å². The van der Waals surface area contributed by atoms with Crippen molar-refractivity contribution in [2.24, 2.45) is 0 Å². The molecule has 9 heavy (non-hydrogen) atoms. The average Bonchev–Trinajstić information content (AvgIpc) is 1.83. The predicted molar refractivity (Wildman–Crippen MR) is 30.3 cm³/mol. The van der Waals surface area contributed by atoms with Crippen LogP contribution in [0.3, 0.4) is 0 Å². The number of rotatable bonds is 4. The van der Waals surface area contributed by atoms with Crippen LogP contribution in [0.1, 0.15) is 0 Å². The molecule has 0 aromatic heterocycles. The number of hydrogen-bond acceptors (Lipinski definition) is 4. The normalized spacial score (nSPS) is 17.2. The van der Waals surface area contributed by atoms with Crippen LogP contribution in [-0.2, 0) is 9.09 Å². The molecule has 2 atom stereocenters. The molecule has 0 aromatic rings. The van der Waals surface area contributed by atoms with Crippen LogP contribution >= 0.6 is 8.25 Å². The highest BCUT2D eigenvalue weighted by molar-refractivity contribution is 7.32. The first-order valence-electron chi connectivity index (χ1n) is 2.31. The summed E-state index contributed by atoms with van der Waals surface area (Å²) in [5, 5.41) is 16.6. The second-order valence-corrected chi connectivity index (χ2v) is 2.23. The summed E-state index contributed by atoms with van der Waals surface area (Å²) in [6, 6.07) is 0. The Kier molecular flexibility index (Phi) is 4.94.